The Morgan fingerprint density at radius 1 is 0.500 bits per heavy atom. The molecule has 3 rings (SSSR count). The fraction of sp³-hybridized carbons (Fsp3) is 0.250. The van der Waals surface area contributed by atoms with Crippen LogP contribution in [0.25, 0.3) is 0 Å². The van der Waals surface area contributed by atoms with Gasteiger partial charge in [-0.1, -0.05) is 50.2 Å². The average Bonchev–Trinajstić information content (AvgIpc) is 2.71. The second-order valence-corrected chi connectivity index (χ2v) is 7.77. The van der Waals surface area contributed by atoms with Gasteiger partial charge >= 0.3 is 0 Å². The van der Waals surface area contributed by atoms with Gasteiger partial charge in [0.1, 0.15) is 0 Å². The third-order valence-corrected chi connectivity index (χ3v) is 5.49. The second-order valence-electron chi connectivity index (χ2n) is 7.77. The lowest BCUT2D eigenvalue weighted by molar-refractivity contribution is 0.363. The predicted octanol–water partition coefficient (Wildman–Crippen LogP) is 4.61. The number of phenols is 6. The molecule has 158 valence electrons. The standard InChI is InChI=1S/C24H26O6/c1-13(17-7-9-19(25)23(29)21(17)27)11-15-3-5-16(6-4-15)12-14(2)18-8-10-20(26)24(30)22(18)28/h3-10,13-14,25-30H,11-12H2,1-2H3. The van der Waals surface area contributed by atoms with E-state index < -0.39 is 11.5 Å². The summed E-state index contributed by atoms with van der Waals surface area (Å²) in [5.74, 6) is -2.46. The van der Waals surface area contributed by atoms with Crippen molar-refractivity contribution in [3.05, 3.63) is 70.8 Å². The van der Waals surface area contributed by atoms with Crippen molar-refractivity contribution in [2.75, 3.05) is 0 Å². The topological polar surface area (TPSA) is 121 Å². The van der Waals surface area contributed by atoms with Crippen LogP contribution < -0.4 is 0 Å². The van der Waals surface area contributed by atoms with Crippen LogP contribution in [-0.4, -0.2) is 30.6 Å². The Hall–Kier alpha value is -3.54. The van der Waals surface area contributed by atoms with E-state index in [1.165, 1.54) is 12.1 Å². The Kier molecular flexibility index (Phi) is 5.96. The first-order chi connectivity index (χ1) is 14.2. The van der Waals surface area contributed by atoms with Crippen molar-refractivity contribution in [2.45, 2.75) is 38.5 Å². The molecular weight excluding hydrogens is 384 g/mol. The minimum absolute atomic E-state index is 0.0711. The van der Waals surface area contributed by atoms with E-state index in [4.69, 9.17) is 0 Å². The minimum Gasteiger partial charge on any atom is -0.504 e. The number of hydrogen-bond acceptors (Lipinski definition) is 6. The molecule has 3 aromatic carbocycles. The van der Waals surface area contributed by atoms with Crippen LogP contribution in [0.3, 0.4) is 0 Å². The molecule has 0 bridgehead atoms. The van der Waals surface area contributed by atoms with Crippen LogP contribution in [0.4, 0.5) is 0 Å². The van der Waals surface area contributed by atoms with E-state index in [0.29, 0.717) is 24.0 Å². The summed E-state index contributed by atoms with van der Waals surface area (Å²) in [6.07, 6.45) is 1.28. The zero-order valence-electron chi connectivity index (χ0n) is 16.9. The Labute approximate surface area is 175 Å². The van der Waals surface area contributed by atoms with Gasteiger partial charge in [0.05, 0.1) is 0 Å². The van der Waals surface area contributed by atoms with E-state index in [2.05, 4.69) is 0 Å². The van der Waals surface area contributed by atoms with Gasteiger partial charge in [-0.05, 0) is 47.9 Å². The van der Waals surface area contributed by atoms with E-state index in [0.717, 1.165) is 11.1 Å². The van der Waals surface area contributed by atoms with Crippen LogP contribution in [0, 0.1) is 0 Å². The van der Waals surface area contributed by atoms with Gasteiger partial charge in [-0.2, -0.15) is 0 Å². The number of benzene rings is 3. The average molecular weight is 410 g/mol. The van der Waals surface area contributed by atoms with Crippen LogP contribution in [0.1, 0.15) is 47.9 Å². The van der Waals surface area contributed by atoms with E-state index in [1.54, 1.807) is 12.1 Å². The monoisotopic (exact) mass is 410 g/mol. The van der Waals surface area contributed by atoms with E-state index in [-0.39, 0.29) is 34.8 Å². The second kappa shape index (κ2) is 8.45. The van der Waals surface area contributed by atoms with Crippen molar-refractivity contribution in [1.29, 1.82) is 0 Å². The van der Waals surface area contributed by atoms with E-state index in [9.17, 15) is 30.6 Å². The van der Waals surface area contributed by atoms with Crippen molar-refractivity contribution < 1.29 is 30.6 Å². The molecule has 0 saturated carbocycles. The van der Waals surface area contributed by atoms with Crippen molar-refractivity contribution in [3.63, 3.8) is 0 Å². The molecule has 2 unspecified atom stereocenters. The zero-order chi connectivity index (χ0) is 22.0. The highest BCUT2D eigenvalue weighted by atomic mass is 16.3. The van der Waals surface area contributed by atoms with Crippen LogP contribution in [0.5, 0.6) is 34.5 Å². The van der Waals surface area contributed by atoms with Crippen molar-refractivity contribution in [3.8, 4) is 34.5 Å². The Bertz CT molecular complexity index is 958. The Balaban J connectivity index is 1.69. The Morgan fingerprint density at radius 2 is 0.833 bits per heavy atom. The van der Waals surface area contributed by atoms with Gasteiger partial charge in [0, 0.05) is 11.1 Å². The number of hydrogen-bond donors (Lipinski definition) is 6. The lowest BCUT2D eigenvalue weighted by Gasteiger charge is -2.17. The maximum absolute atomic E-state index is 10.1. The minimum atomic E-state index is -0.507. The lowest BCUT2D eigenvalue weighted by atomic mass is 9.90. The van der Waals surface area contributed by atoms with Crippen LogP contribution in [-0.2, 0) is 12.8 Å². The highest BCUT2D eigenvalue weighted by molar-refractivity contribution is 5.55. The molecule has 0 amide bonds. The Morgan fingerprint density at radius 3 is 1.17 bits per heavy atom. The molecule has 0 heterocycles. The first-order valence-electron chi connectivity index (χ1n) is 9.74. The number of rotatable bonds is 6. The molecule has 0 fully saturated rings. The molecule has 0 aromatic heterocycles. The van der Waals surface area contributed by atoms with Gasteiger partial charge in [0.15, 0.2) is 23.0 Å². The normalized spacial score (nSPS) is 13.1. The highest BCUT2D eigenvalue weighted by Gasteiger charge is 2.18. The number of aromatic hydroxyl groups is 6. The molecule has 2 atom stereocenters. The largest absolute Gasteiger partial charge is 0.504 e. The maximum atomic E-state index is 10.1. The summed E-state index contributed by atoms with van der Waals surface area (Å²) in [5.41, 5.74) is 3.23. The third kappa shape index (κ3) is 4.22. The van der Waals surface area contributed by atoms with Gasteiger partial charge in [0.25, 0.3) is 0 Å². The van der Waals surface area contributed by atoms with Crippen LogP contribution >= 0.6 is 0 Å². The lowest BCUT2D eigenvalue weighted by Crippen LogP contribution is -2.01. The summed E-state index contributed by atoms with van der Waals surface area (Å²) in [7, 11) is 0. The summed E-state index contributed by atoms with van der Waals surface area (Å²) >= 11 is 0. The van der Waals surface area contributed by atoms with Gasteiger partial charge < -0.3 is 30.6 Å². The first kappa shape index (κ1) is 21.2. The molecule has 6 heteroatoms. The summed E-state index contributed by atoms with van der Waals surface area (Å²) in [5, 5.41) is 58.5. The highest BCUT2D eigenvalue weighted by Crippen LogP contribution is 2.42. The van der Waals surface area contributed by atoms with Gasteiger partial charge in [-0.3, -0.25) is 0 Å². The van der Waals surface area contributed by atoms with E-state index >= 15 is 0 Å². The maximum Gasteiger partial charge on any atom is 0.200 e. The third-order valence-electron chi connectivity index (χ3n) is 5.49. The SMILES string of the molecule is CC(Cc1ccc(CC(C)c2ccc(O)c(O)c2O)cc1)c1ccc(O)c(O)c1O. The quantitative estimate of drug-likeness (QED) is 0.330. The van der Waals surface area contributed by atoms with Gasteiger partial charge in [0.2, 0.25) is 11.5 Å². The summed E-state index contributed by atoms with van der Waals surface area (Å²) in [6, 6.07) is 13.9. The predicted molar refractivity (Wildman–Crippen MR) is 114 cm³/mol. The molecule has 0 radical (unpaired) electrons. The fourth-order valence-electron chi connectivity index (χ4n) is 3.70. The van der Waals surface area contributed by atoms with Crippen molar-refractivity contribution in [2.24, 2.45) is 0 Å². The molecule has 3 aromatic rings. The molecule has 6 nitrogen and oxygen atoms in total. The summed E-state index contributed by atoms with van der Waals surface area (Å²) in [4.78, 5) is 0. The molecule has 0 aliphatic carbocycles. The van der Waals surface area contributed by atoms with Gasteiger partial charge in [-0.15, -0.1) is 0 Å². The van der Waals surface area contributed by atoms with E-state index in [1.807, 2.05) is 38.1 Å². The van der Waals surface area contributed by atoms with Crippen molar-refractivity contribution in [1.82, 2.24) is 0 Å². The van der Waals surface area contributed by atoms with Gasteiger partial charge in [-0.25, -0.2) is 0 Å². The molecule has 6 N–H and O–H groups in total. The molecule has 0 aliphatic heterocycles. The number of phenolic OH excluding ortho intramolecular Hbond substituents is 6. The molecule has 0 saturated heterocycles. The molecule has 30 heavy (non-hydrogen) atoms. The summed E-state index contributed by atoms with van der Waals surface area (Å²) < 4.78 is 0. The summed E-state index contributed by atoms with van der Waals surface area (Å²) in [6.45, 7) is 3.86. The molecule has 0 aliphatic rings. The first-order valence-corrected chi connectivity index (χ1v) is 9.74. The molecular formula is C24H26O6. The fourth-order valence-corrected chi connectivity index (χ4v) is 3.70. The smallest absolute Gasteiger partial charge is 0.200 e. The van der Waals surface area contributed by atoms with Crippen LogP contribution in [0.2, 0.25) is 0 Å². The van der Waals surface area contributed by atoms with Crippen LogP contribution in [0.15, 0.2) is 48.5 Å². The zero-order valence-corrected chi connectivity index (χ0v) is 16.9. The molecule has 0 spiro atoms. The van der Waals surface area contributed by atoms with Crippen molar-refractivity contribution >= 4 is 0 Å².